The van der Waals surface area contributed by atoms with Crippen molar-refractivity contribution >= 4 is 0 Å². The second kappa shape index (κ2) is 17.0. The number of ether oxygens (including phenoxy) is 6. The monoisotopic (exact) mass is 630 g/mol. The van der Waals surface area contributed by atoms with Crippen LogP contribution in [-0.4, -0.2) is 37.3 Å². The summed E-state index contributed by atoms with van der Waals surface area (Å²) in [4.78, 5) is 0. The predicted octanol–water partition coefficient (Wildman–Crippen LogP) is 8.07. The second-order valence-corrected chi connectivity index (χ2v) is 11.8. The second-order valence-electron chi connectivity index (χ2n) is 11.8. The van der Waals surface area contributed by atoms with Crippen LogP contribution in [0.25, 0.3) is 0 Å². The van der Waals surface area contributed by atoms with Gasteiger partial charge in [-0.25, -0.2) is 0 Å². The maximum Gasteiger partial charge on any atom is 0.229 e. The Morgan fingerprint density at radius 2 is 0.894 bits per heavy atom. The predicted molar refractivity (Wildman–Crippen MR) is 182 cm³/mol. The minimum atomic E-state index is -0.788. The van der Waals surface area contributed by atoms with E-state index in [1.54, 1.807) is 0 Å². The lowest BCUT2D eigenvalue weighted by Crippen LogP contribution is -2.62. The van der Waals surface area contributed by atoms with Gasteiger partial charge in [0.2, 0.25) is 6.29 Å². The van der Waals surface area contributed by atoms with Gasteiger partial charge in [-0.1, -0.05) is 139 Å². The third kappa shape index (κ3) is 9.61. The minimum Gasteiger partial charge on any atom is -0.462 e. The molecule has 6 heteroatoms. The van der Waals surface area contributed by atoms with Crippen molar-refractivity contribution in [3.63, 3.8) is 0 Å². The van der Waals surface area contributed by atoms with Crippen molar-refractivity contribution in [2.24, 2.45) is 0 Å². The SMILES string of the molecule is Cc1ccc(O[C@@H]2OC(COCc3ccccc3)[C@H](OCc3ccccc3)C(OCc3ccccc3)C2OCc2ccccc2)cc1. The lowest BCUT2D eigenvalue weighted by atomic mass is 9.97. The Hall–Kier alpha value is -4.30. The first-order chi connectivity index (χ1) is 23.2. The molecule has 47 heavy (non-hydrogen) atoms. The summed E-state index contributed by atoms with van der Waals surface area (Å²) in [5, 5.41) is 0. The van der Waals surface area contributed by atoms with Crippen LogP contribution in [0.4, 0.5) is 0 Å². The van der Waals surface area contributed by atoms with Crippen LogP contribution in [0.1, 0.15) is 27.8 Å². The first kappa shape index (κ1) is 32.6. The quantitative estimate of drug-likeness (QED) is 0.117. The van der Waals surface area contributed by atoms with E-state index >= 15 is 0 Å². The number of aryl methyl sites for hydroxylation is 1. The molecule has 1 heterocycles. The summed E-state index contributed by atoms with van der Waals surface area (Å²) in [6.45, 7) is 3.88. The van der Waals surface area contributed by atoms with Crippen LogP contribution >= 0.6 is 0 Å². The van der Waals surface area contributed by atoms with Crippen LogP contribution in [0.3, 0.4) is 0 Å². The maximum atomic E-state index is 6.79. The van der Waals surface area contributed by atoms with E-state index in [9.17, 15) is 0 Å². The Balaban J connectivity index is 1.31. The molecule has 5 atom stereocenters. The van der Waals surface area contributed by atoms with Crippen molar-refractivity contribution in [3.05, 3.63) is 173 Å². The van der Waals surface area contributed by atoms with Crippen molar-refractivity contribution in [1.29, 1.82) is 0 Å². The lowest BCUT2D eigenvalue weighted by Gasteiger charge is -2.45. The molecule has 0 bridgehead atoms. The minimum absolute atomic E-state index is 0.276. The van der Waals surface area contributed by atoms with Crippen molar-refractivity contribution in [2.75, 3.05) is 6.61 Å². The highest BCUT2D eigenvalue weighted by molar-refractivity contribution is 5.27. The summed E-state index contributed by atoms with van der Waals surface area (Å²) < 4.78 is 39.8. The van der Waals surface area contributed by atoms with E-state index in [2.05, 4.69) is 31.2 Å². The number of rotatable bonds is 15. The summed E-state index contributed by atoms with van der Waals surface area (Å²) in [5.41, 5.74) is 5.37. The Labute approximate surface area is 277 Å². The molecule has 1 aliphatic heterocycles. The highest BCUT2D eigenvalue weighted by Crippen LogP contribution is 2.32. The van der Waals surface area contributed by atoms with Crippen molar-refractivity contribution in [1.82, 2.24) is 0 Å². The van der Waals surface area contributed by atoms with E-state index in [0.29, 0.717) is 32.2 Å². The van der Waals surface area contributed by atoms with Crippen LogP contribution in [0.5, 0.6) is 5.75 Å². The van der Waals surface area contributed by atoms with Gasteiger partial charge < -0.3 is 28.4 Å². The molecule has 242 valence electrons. The zero-order chi connectivity index (χ0) is 32.1. The average molecular weight is 631 g/mol. The van der Waals surface area contributed by atoms with E-state index in [1.807, 2.05) is 121 Å². The Kier molecular flexibility index (Phi) is 11.8. The molecule has 5 aromatic carbocycles. The van der Waals surface area contributed by atoms with E-state index in [0.717, 1.165) is 27.8 Å². The molecule has 0 aromatic heterocycles. The van der Waals surface area contributed by atoms with Crippen molar-refractivity contribution < 1.29 is 28.4 Å². The van der Waals surface area contributed by atoms with E-state index in [-0.39, 0.29) is 6.61 Å². The van der Waals surface area contributed by atoms with Gasteiger partial charge >= 0.3 is 0 Å². The van der Waals surface area contributed by atoms with Gasteiger partial charge in [-0.15, -0.1) is 0 Å². The largest absolute Gasteiger partial charge is 0.462 e. The van der Waals surface area contributed by atoms with E-state index in [1.165, 1.54) is 0 Å². The fourth-order valence-electron chi connectivity index (χ4n) is 5.59. The van der Waals surface area contributed by atoms with Gasteiger partial charge in [0.15, 0.2) is 0 Å². The van der Waals surface area contributed by atoms with Gasteiger partial charge in [-0.2, -0.15) is 0 Å². The van der Waals surface area contributed by atoms with Crippen LogP contribution < -0.4 is 4.74 Å². The molecule has 0 amide bonds. The third-order valence-corrected chi connectivity index (χ3v) is 8.11. The summed E-state index contributed by atoms with van der Waals surface area (Å²) in [6, 6.07) is 48.4. The maximum absolute atomic E-state index is 6.79. The number of hydrogen-bond donors (Lipinski definition) is 0. The summed E-state index contributed by atoms with van der Waals surface area (Å²) >= 11 is 0. The van der Waals surface area contributed by atoms with Gasteiger partial charge in [0.05, 0.1) is 33.0 Å². The molecule has 6 nitrogen and oxygen atoms in total. The highest BCUT2D eigenvalue weighted by atomic mass is 16.7. The Morgan fingerprint density at radius 3 is 1.38 bits per heavy atom. The molecule has 0 saturated carbocycles. The molecule has 0 spiro atoms. The normalized spacial score (nSPS) is 20.9. The zero-order valence-corrected chi connectivity index (χ0v) is 26.7. The molecule has 6 rings (SSSR count). The molecular weight excluding hydrogens is 588 g/mol. The fraction of sp³-hybridized carbons (Fsp3) is 0.268. The molecule has 1 fully saturated rings. The Bertz CT molecular complexity index is 1580. The molecular formula is C41H42O6. The molecule has 5 aromatic rings. The van der Waals surface area contributed by atoms with E-state index < -0.39 is 30.7 Å². The zero-order valence-electron chi connectivity index (χ0n) is 26.7. The van der Waals surface area contributed by atoms with Crippen molar-refractivity contribution in [2.45, 2.75) is 64.1 Å². The Morgan fingerprint density at radius 1 is 0.468 bits per heavy atom. The molecule has 1 saturated heterocycles. The number of hydrogen-bond acceptors (Lipinski definition) is 6. The number of benzene rings is 5. The summed E-state index contributed by atoms with van der Waals surface area (Å²) in [6.07, 6.45) is -2.98. The summed E-state index contributed by atoms with van der Waals surface area (Å²) in [5.74, 6) is 0.684. The topological polar surface area (TPSA) is 55.4 Å². The van der Waals surface area contributed by atoms with E-state index in [4.69, 9.17) is 28.4 Å². The molecule has 1 aliphatic rings. The lowest BCUT2D eigenvalue weighted by molar-refractivity contribution is -0.310. The third-order valence-electron chi connectivity index (χ3n) is 8.11. The first-order valence-electron chi connectivity index (χ1n) is 16.2. The standard InChI is InChI=1S/C41H42O6/c1-31-22-24-36(25-23-31)46-41-40(45-29-35-20-12-5-13-21-35)39(44-28-34-18-10-4-11-19-34)38(43-27-33-16-8-3-9-17-33)37(47-41)30-42-26-32-14-6-2-7-15-32/h2-25,37-41H,26-30H2,1H3/t37?,38-,39?,40?,41+/m0/s1. The van der Waals surface area contributed by atoms with Crippen LogP contribution in [0.2, 0.25) is 0 Å². The van der Waals surface area contributed by atoms with Gasteiger partial charge in [0.25, 0.3) is 0 Å². The molecule has 3 unspecified atom stereocenters. The average Bonchev–Trinajstić information content (AvgIpc) is 3.12. The summed E-state index contributed by atoms with van der Waals surface area (Å²) in [7, 11) is 0. The van der Waals surface area contributed by atoms with Crippen LogP contribution in [0, 0.1) is 6.92 Å². The molecule has 0 radical (unpaired) electrons. The fourth-order valence-corrected chi connectivity index (χ4v) is 5.59. The van der Waals surface area contributed by atoms with Crippen LogP contribution in [-0.2, 0) is 50.1 Å². The van der Waals surface area contributed by atoms with Crippen molar-refractivity contribution in [3.8, 4) is 5.75 Å². The molecule has 0 N–H and O–H groups in total. The van der Waals surface area contributed by atoms with Gasteiger partial charge in [-0.05, 0) is 41.3 Å². The van der Waals surface area contributed by atoms with Gasteiger partial charge in [0, 0.05) is 0 Å². The van der Waals surface area contributed by atoms with Gasteiger partial charge in [-0.3, -0.25) is 0 Å². The first-order valence-corrected chi connectivity index (χ1v) is 16.2. The smallest absolute Gasteiger partial charge is 0.229 e. The molecule has 0 aliphatic carbocycles. The van der Waals surface area contributed by atoms with Crippen LogP contribution in [0.15, 0.2) is 146 Å². The van der Waals surface area contributed by atoms with Gasteiger partial charge in [0.1, 0.15) is 30.2 Å². The highest BCUT2D eigenvalue weighted by Gasteiger charge is 2.49.